The van der Waals surface area contributed by atoms with Crippen LogP contribution < -0.4 is 0 Å². The third-order valence-corrected chi connectivity index (χ3v) is 3.33. The topological polar surface area (TPSA) is 206 Å². The first-order valence-electron chi connectivity index (χ1n) is 12.5. The number of rotatable bonds is 16. The van der Waals surface area contributed by atoms with Crippen molar-refractivity contribution >= 4 is 23.9 Å². The molecule has 0 saturated heterocycles. The summed E-state index contributed by atoms with van der Waals surface area (Å²) in [4.78, 5) is 40.4. The molecule has 0 aliphatic rings. The molecule has 0 heterocycles. The van der Waals surface area contributed by atoms with E-state index in [0.717, 1.165) is 12.8 Å². The Balaban J connectivity index is -0.000000134. The van der Waals surface area contributed by atoms with Crippen LogP contribution in [-0.2, 0) is 38.1 Å². The standard InChI is InChI=1S/C8H14O2.C6H14O4.C6H10O3.2C4H6O2/c1-4-5-6-10-8(9)7(2)3;7-1-3-9-5-6-10-4-2-8;1-5(2)6(8)9-4-3-7;2*1-3(2)4(5)6/h2,4-6H2,1,3H3;7-8H,1-6H2;7H,1,3-4H2,2H3;2*1H2,2H3,(H,5,6). The fourth-order valence-corrected chi connectivity index (χ4v) is 1.15. The molecule has 0 atom stereocenters. The molecule has 0 amide bonds. The Morgan fingerprint density at radius 2 is 0.829 bits per heavy atom. The smallest absolute Gasteiger partial charge is 0.333 e. The van der Waals surface area contributed by atoms with Crippen molar-refractivity contribution in [2.45, 2.75) is 47.5 Å². The molecule has 13 nitrogen and oxygen atoms in total. The van der Waals surface area contributed by atoms with E-state index >= 15 is 0 Å². The first-order chi connectivity index (χ1) is 19.1. The summed E-state index contributed by atoms with van der Waals surface area (Å²) in [6.45, 7) is 23.4. The monoisotopic (exact) mass is 594 g/mol. The van der Waals surface area contributed by atoms with Gasteiger partial charge < -0.3 is 44.5 Å². The second-order valence-corrected chi connectivity index (χ2v) is 7.75. The Morgan fingerprint density at radius 1 is 0.537 bits per heavy atom. The first kappa shape index (κ1) is 47.4. The molecule has 0 unspecified atom stereocenters. The van der Waals surface area contributed by atoms with Gasteiger partial charge in [0, 0.05) is 22.3 Å². The Kier molecular flexibility index (Phi) is 42.4. The number of hydrogen-bond donors (Lipinski definition) is 5. The molecule has 0 aromatic carbocycles. The number of carbonyl (C=O) groups excluding carboxylic acids is 2. The van der Waals surface area contributed by atoms with Crippen LogP contribution in [0.25, 0.3) is 0 Å². The van der Waals surface area contributed by atoms with Gasteiger partial charge >= 0.3 is 23.9 Å². The van der Waals surface area contributed by atoms with Gasteiger partial charge in [-0.1, -0.05) is 39.7 Å². The minimum absolute atomic E-state index is 0.0417. The number of aliphatic hydroxyl groups is 3. The molecule has 0 aliphatic heterocycles. The number of unbranched alkanes of at least 4 members (excludes halogenated alkanes) is 1. The lowest BCUT2D eigenvalue weighted by molar-refractivity contribution is -0.140. The van der Waals surface area contributed by atoms with Gasteiger partial charge in [0.2, 0.25) is 0 Å². The molecule has 13 heteroatoms. The van der Waals surface area contributed by atoms with Crippen molar-refractivity contribution < 1.29 is 63.7 Å². The third kappa shape index (κ3) is 53.6. The Bertz CT molecular complexity index is 702. The van der Waals surface area contributed by atoms with E-state index in [1.54, 1.807) is 13.8 Å². The fourth-order valence-electron chi connectivity index (χ4n) is 1.15. The van der Waals surface area contributed by atoms with Crippen molar-refractivity contribution in [3.63, 3.8) is 0 Å². The summed E-state index contributed by atoms with van der Waals surface area (Å²) in [5, 5.41) is 40.5. The highest BCUT2D eigenvalue weighted by Crippen LogP contribution is 1.94. The van der Waals surface area contributed by atoms with E-state index in [4.69, 9.17) is 39.7 Å². The Labute approximate surface area is 243 Å². The molecule has 41 heavy (non-hydrogen) atoms. The van der Waals surface area contributed by atoms with Crippen molar-refractivity contribution in [1.82, 2.24) is 0 Å². The predicted molar refractivity (Wildman–Crippen MR) is 154 cm³/mol. The van der Waals surface area contributed by atoms with Crippen molar-refractivity contribution in [2.24, 2.45) is 0 Å². The lowest BCUT2D eigenvalue weighted by Crippen LogP contribution is -2.09. The van der Waals surface area contributed by atoms with Gasteiger partial charge in [0.15, 0.2) is 0 Å². The van der Waals surface area contributed by atoms with Crippen molar-refractivity contribution in [3.05, 3.63) is 48.6 Å². The highest BCUT2D eigenvalue weighted by molar-refractivity contribution is 5.87. The molecule has 0 aromatic rings. The van der Waals surface area contributed by atoms with E-state index < -0.39 is 17.9 Å². The Morgan fingerprint density at radius 3 is 1.05 bits per heavy atom. The van der Waals surface area contributed by atoms with Gasteiger partial charge in [-0.2, -0.15) is 0 Å². The van der Waals surface area contributed by atoms with Crippen LogP contribution in [0.5, 0.6) is 0 Å². The van der Waals surface area contributed by atoms with Gasteiger partial charge in [0.25, 0.3) is 0 Å². The van der Waals surface area contributed by atoms with Gasteiger partial charge in [-0.05, 0) is 34.1 Å². The summed E-state index contributed by atoms with van der Waals surface area (Å²) in [6, 6.07) is 0. The molecule has 0 aliphatic carbocycles. The van der Waals surface area contributed by atoms with Gasteiger partial charge in [-0.25, -0.2) is 19.2 Å². The highest BCUT2D eigenvalue weighted by atomic mass is 16.5. The summed E-state index contributed by atoms with van der Waals surface area (Å²) in [5.41, 5.74) is 1.17. The largest absolute Gasteiger partial charge is 0.478 e. The summed E-state index contributed by atoms with van der Waals surface area (Å²) in [5.74, 6) is -2.61. The van der Waals surface area contributed by atoms with Gasteiger partial charge in [-0.15, -0.1) is 0 Å². The molecule has 0 bridgehead atoms. The van der Waals surface area contributed by atoms with Crippen LogP contribution in [-0.4, -0.2) is 109 Å². The first-order valence-corrected chi connectivity index (χ1v) is 12.5. The van der Waals surface area contributed by atoms with Crippen LogP contribution in [0.2, 0.25) is 0 Å². The number of aliphatic carboxylic acids is 2. The molecule has 0 fully saturated rings. The molecule has 0 radical (unpaired) electrons. The molecule has 240 valence electrons. The van der Waals surface area contributed by atoms with Crippen LogP contribution in [0.1, 0.15) is 47.5 Å². The minimum atomic E-state index is -0.935. The number of carbonyl (C=O) groups is 4. The molecule has 0 rings (SSSR count). The summed E-state index contributed by atoms with van der Waals surface area (Å²) in [7, 11) is 0. The zero-order valence-corrected chi connectivity index (χ0v) is 25.1. The lowest BCUT2D eigenvalue weighted by Gasteiger charge is -2.01. The van der Waals surface area contributed by atoms with Crippen LogP contribution in [0.4, 0.5) is 0 Å². The number of aliphatic hydroxyl groups excluding tert-OH is 3. The van der Waals surface area contributed by atoms with Gasteiger partial charge in [0.1, 0.15) is 6.61 Å². The lowest BCUT2D eigenvalue weighted by atomic mass is 10.3. The van der Waals surface area contributed by atoms with E-state index in [-0.39, 0.29) is 43.5 Å². The second-order valence-electron chi connectivity index (χ2n) is 7.75. The maximum absolute atomic E-state index is 10.7. The normalized spacial score (nSPS) is 8.78. The van der Waals surface area contributed by atoms with Crippen LogP contribution in [0.15, 0.2) is 48.6 Å². The van der Waals surface area contributed by atoms with E-state index in [2.05, 4.69) is 38.0 Å². The highest BCUT2D eigenvalue weighted by Gasteiger charge is 2.01. The molecule has 0 spiro atoms. The average Bonchev–Trinajstić information content (AvgIpc) is 2.90. The summed E-state index contributed by atoms with van der Waals surface area (Å²) < 4.78 is 19.0. The van der Waals surface area contributed by atoms with Crippen LogP contribution in [0.3, 0.4) is 0 Å². The molecular weight excluding hydrogens is 544 g/mol. The number of carboxylic acids is 2. The van der Waals surface area contributed by atoms with E-state index in [9.17, 15) is 19.2 Å². The molecule has 0 aromatic heterocycles. The van der Waals surface area contributed by atoms with Gasteiger partial charge in [-0.3, -0.25) is 0 Å². The minimum Gasteiger partial charge on any atom is -0.478 e. The SMILES string of the molecule is C=C(C)C(=O)O.C=C(C)C(=O)O.C=C(C)C(=O)OCCCC.C=C(C)C(=O)OCCO.OCCOCCOCCO. The predicted octanol–water partition coefficient (Wildman–Crippen LogP) is 2.30. The average molecular weight is 595 g/mol. The van der Waals surface area contributed by atoms with E-state index in [1.165, 1.54) is 13.8 Å². The quantitative estimate of drug-likeness (QED) is 0.0989. The second kappa shape index (κ2) is 36.6. The van der Waals surface area contributed by atoms with Crippen LogP contribution >= 0.6 is 0 Å². The number of carboxylic acid groups (broad SMARTS) is 2. The zero-order valence-electron chi connectivity index (χ0n) is 25.1. The molecular formula is C28H50O13. The molecule has 0 saturated carbocycles. The summed E-state index contributed by atoms with van der Waals surface area (Å²) in [6.07, 6.45) is 1.97. The number of ether oxygens (including phenoxy) is 4. The number of esters is 2. The van der Waals surface area contributed by atoms with Crippen molar-refractivity contribution in [3.8, 4) is 0 Å². The molecule has 5 N–H and O–H groups in total. The number of hydrogen-bond acceptors (Lipinski definition) is 11. The third-order valence-electron chi connectivity index (χ3n) is 3.33. The fraction of sp³-hybridized carbons (Fsp3) is 0.571. The van der Waals surface area contributed by atoms with Crippen LogP contribution in [0, 0.1) is 0 Å². The van der Waals surface area contributed by atoms with E-state index in [0.29, 0.717) is 44.2 Å². The zero-order chi connectivity index (χ0) is 33.2. The van der Waals surface area contributed by atoms with Crippen molar-refractivity contribution in [1.29, 1.82) is 0 Å². The van der Waals surface area contributed by atoms with E-state index in [1.807, 2.05) is 0 Å². The van der Waals surface area contributed by atoms with Gasteiger partial charge in [0.05, 0.1) is 52.9 Å². The maximum Gasteiger partial charge on any atom is 0.333 e. The Hall–Kier alpha value is -3.36. The summed E-state index contributed by atoms with van der Waals surface area (Å²) >= 11 is 0. The van der Waals surface area contributed by atoms with Crippen molar-refractivity contribution in [2.75, 3.05) is 59.5 Å². The maximum atomic E-state index is 10.7.